The average molecular weight is 446 g/mol. The van der Waals surface area contributed by atoms with E-state index in [0.29, 0.717) is 42.4 Å². The molecule has 1 aliphatic heterocycles. The zero-order chi connectivity index (χ0) is 23.2. The summed E-state index contributed by atoms with van der Waals surface area (Å²) in [7, 11) is 0. The van der Waals surface area contributed by atoms with Crippen molar-refractivity contribution >= 4 is 17.8 Å². The van der Waals surface area contributed by atoms with Crippen molar-refractivity contribution in [3.8, 4) is 11.4 Å². The Morgan fingerprint density at radius 3 is 2.30 bits per heavy atom. The molecule has 0 unspecified atom stereocenters. The molecule has 3 aromatic rings. The van der Waals surface area contributed by atoms with E-state index in [1.54, 1.807) is 24.3 Å². The summed E-state index contributed by atoms with van der Waals surface area (Å²) in [4.78, 5) is 38.3. The molecule has 2 heterocycles. The Bertz CT molecular complexity index is 1110. The molecular weight excluding hydrogens is 418 g/mol. The summed E-state index contributed by atoms with van der Waals surface area (Å²) in [5, 5.41) is 2.96. The maximum atomic E-state index is 12.9. The summed E-state index contributed by atoms with van der Waals surface area (Å²) in [6.07, 6.45) is 5.61. The number of amides is 2. The lowest BCUT2D eigenvalue weighted by molar-refractivity contribution is -0.131. The van der Waals surface area contributed by atoms with E-state index in [9.17, 15) is 14.4 Å². The van der Waals surface area contributed by atoms with Gasteiger partial charge in [-0.25, -0.2) is 0 Å². The van der Waals surface area contributed by atoms with Gasteiger partial charge in [0.25, 0.3) is 11.8 Å². The van der Waals surface area contributed by atoms with Gasteiger partial charge in [0.05, 0.1) is 0 Å². The lowest BCUT2D eigenvalue weighted by Gasteiger charge is -2.32. The molecule has 0 bridgehead atoms. The first-order valence-electron chi connectivity index (χ1n) is 11.1. The van der Waals surface area contributed by atoms with Crippen molar-refractivity contribution in [3.05, 3.63) is 84.2 Å². The fourth-order valence-electron chi connectivity index (χ4n) is 4.01. The fourth-order valence-corrected chi connectivity index (χ4v) is 4.01. The van der Waals surface area contributed by atoms with Crippen LogP contribution in [-0.2, 0) is 4.79 Å². The van der Waals surface area contributed by atoms with E-state index in [0.717, 1.165) is 18.5 Å². The van der Waals surface area contributed by atoms with Crippen LogP contribution in [0, 0.1) is 5.92 Å². The second-order valence-electron chi connectivity index (χ2n) is 8.20. The van der Waals surface area contributed by atoms with Gasteiger partial charge in [-0.1, -0.05) is 6.07 Å². The Hall–Kier alpha value is -3.87. The van der Waals surface area contributed by atoms with Crippen LogP contribution >= 0.6 is 0 Å². The first-order chi connectivity index (χ1) is 16.0. The number of nitrogens with one attached hydrogen (secondary N) is 1. The first-order valence-corrected chi connectivity index (χ1v) is 11.1. The normalized spacial score (nSPS) is 14.0. The van der Waals surface area contributed by atoms with Gasteiger partial charge >= 0.3 is 5.97 Å². The van der Waals surface area contributed by atoms with Gasteiger partial charge in [-0.05, 0) is 73.4 Å². The van der Waals surface area contributed by atoms with Gasteiger partial charge in [-0.15, -0.1) is 0 Å². The third-order valence-electron chi connectivity index (χ3n) is 5.83. The van der Waals surface area contributed by atoms with E-state index in [2.05, 4.69) is 5.32 Å². The molecule has 0 saturated carbocycles. The second kappa shape index (κ2) is 10.2. The third-order valence-corrected chi connectivity index (χ3v) is 5.83. The number of carbonyl (C=O) groups excluding carboxylic acids is 3. The van der Waals surface area contributed by atoms with Gasteiger partial charge in [-0.3, -0.25) is 14.4 Å². The molecule has 0 radical (unpaired) electrons. The predicted molar refractivity (Wildman–Crippen MR) is 124 cm³/mol. The van der Waals surface area contributed by atoms with Gasteiger partial charge in [0.2, 0.25) is 0 Å². The minimum atomic E-state index is -0.425. The van der Waals surface area contributed by atoms with E-state index in [1.807, 2.05) is 58.3 Å². The molecule has 7 nitrogen and oxygen atoms in total. The smallest absolute Gasteiger partial charge is 0.308 e. The highest BCUT2D eigenvalue weighted by Gasteiger charge is 2.24. The van der Waals surface area contributed by atoms with E-state index < -0.39 is 5.97 Å². The number of hydrogen-bond acceptors (Lipinski definition) is 4. The zero-order valence-corrected chi connectivity index (χ0v) is 18.6. The summed E-state index contributed by atoms with van der Waals surface area (Å²) >= 11 is 0. The van der Waals surface area contributed by atoms with E-state index >= 15 is 0 Å². The van der Waals surface area contributed by atoms with Crippen molar-refractivity contribution < 1.29 is 19.1 Å². The van der Waals surface area contributed by atoms with Crippen LogP contribution in [0.5, 0.6) is 5.75 Å². The number of ether oxygens (including phenoxy) is 1. The maximum Gasteiger partial charge on any atom is 0.308 e. The highest BCUT2D eigenvalue weighted by molar-refractivity contribution is 5.95. The van der Waals surface area contributed by atoms with E-state index in [4.69, 9.17) is 4.74 Å². The number of likely N-dealkylation sites (tertiary alicyclic amines) is 1. The Kier molecular flexibility index (Phi) is 6.88. The number of piperidine rings is 1. The Labute approximate surface area is 193 Å². The lowest BCUT2D eigenvalue weighted by Crippen LogP contribution is -2.41. The average Bonchev–Trinajstić information content (AvgIpc) is 3.37. The molecule has 7 heteroatoms. The molecule has 1 aromatic heterocycles. The largest absolute Gasteiger partial charge is 0.427 e. The zero-order valence-electron chi connectivity index (χ0n) is 18.6. The van der Waals surface area contributed by atoms with Gasteiger partial charge in [0.15, 0.2) is 0 Å². The number of nitrogens with zero attached hydrogens (tertiary/aromatic N) is 2. The molecule has 1 saturated heterocycles. The summed E-state index contributed by atoms with van der Waals surface area (Å²) in [5.74, 6) is 0.0731. The highest BCUT2D eigenvalue weighted by Crippen LogP contribution is 2.20. The molecule has 33 heavy (non-hydrogen) atoms. The SMILES string of the molecule is CC(=O)Oc1cccc(C(=O)NCC2CCN(C(=O)c3ccc(-n4cccc4)cc3)CC2)c1. The number of rotatable bonds is 6. The summed E-state index contributed by atoms with van der Waals surface area (Å²) in [5.41, 5.74) is 2.15. The van der Waals surface area contributed by atoms with Crippen LogP contribution < -0.4 is 10.1 Å². The molecule has 4 rings (SSSR count). The molecule has 1 fully saturated rings. The topological polar surface area (TPSA) is 80.6 Å². The molecule has 0 aliphatic carbocycles. The van der Waals surface area contributed by atoms with Gasteiger partial charge in [-0.2, -0.15) is 0 Å². The molecule has 0 spiro atoms. The van der Waals surface area contributed by atoms with Crippen LogP contribution in [0.15, 0.2) is 73.1 Å². The molecule has 170 valence electrons. The Balaban J connectivity index is 1.25. The highest BCUT2D eigenvalue weighted by atomic mass is 16.5. The van der Waals surface area contributed by atoms with Crippen molar-refractivity contribution in [1.82, 2.24) is 14.8 Å². The van der Waals surface area contributed by atoms with Gasteiger partial charge in [0, 0.05) is 55.8 Å². The first kappa shape index (κ1) is 22.3. The van der Waals surface area contributed by atoms with Crippen molar-refractivity contribution in [2.75, 3.05) is 19.6 Å². The quantitative estimate of drug-likeness (QED) is 0.464. The second-order valence-corrected chi connectivity index (χ2v) is 8.20. The van der Waals surface area contributed by atoms with E-state index in [1.165, 1.54) is 6.92 Å². The molecule has 1 N–H and O–H groups in total. The maximum absolute atomic E-state index is 12.9. The van der Waals surface area contributed by atoms with Crippen molar-refractivity contribution in [1.29, 1.82) is 0 Å². The summed E-state index contributed by atoms with van der Waals surface area (Å²) in [6.45, 7) is 3.20. The van der Waals surface area contributed by atoms with Crippen LogP contribution in [0.25, 0.3) is 5.69 Å². The van der Waals surface area contributed by atoms with E-state index in [-0.39, 0.29) is 11.8 Å². The summed E-state index contributed by atoms with van der Waals surface area (Å²) < 4.78 is 7.04. The lowest BCUT2D eigenvalue weighted by atomic mass is 9.96. The number of hydrogen-bond donors (Lipinski definition) is 1. The van der Waals surface area contributed by atoms with Crippen LogP contribution in [-0.4, -0.2) is 46.9 Å². The fraction of sp³-hybridized carbons (Fsp3) is 0.269. The Morgan fingerprint density at radius 2 is 1.64 bits per heavy atom. The molecule has 2 aromatic carbocycles. The third kappa shape index (κ3) is 5.68. The summed E-state index contributed by atoms with van der Waals surface area (Å²) in [6, 6.07) is 18.1. The van der Waals surface area contributed by atoms with Crippen molar-refractivity contribution in [2.24, 2.45) is 5.92 Å². The van der Waals surface area contributed by atoms with Crippen molar-refractivity contribution in [2.45, 2.75) is 19.8 Å². The monoisotopic (exact) mass is 445 g/mol. The minimum Gasteiger partial charge on any atom is -0.427 e. The minimum absolute atomic E-state index is 0.0406. The molecule has 1 aliphatic rings. The van der Waals surface area contributed by atoms with Crippen LogP contribution in [0.3, 0.4) is 0 Å². The number of esters is 1. The molecule has 0 atom stereocenters. The number of benzene rings is 2. The number of aromatic nitrogens is 1. The van der Waals surface area contributed by atoms with Crippen LogP contribution in [0.1, 0.15) is 40.5 Å². The number of carbonyl (C=O) groups is 3. The van der Waals surface area contributed by atoms with Gasteiger partial charge < -0.3 is 19.5 Å². The van der Waals surface area contributed by atoms with Gasteiger partial charge in [0.1, 0.15) is 5.75 Å². The molecule has 2 amide bonds. The van der Waals surface area contributed by atoms with Crippen LogP contribution in [0.2, 0.25) is 0 Å². The van der Waals surface area contributed by atoms with Crippen LogP contribution in [0.4, 0.5) is 0 Å². The molecular formula is C26H27N3O4. The van der Waals surface area contributed by atoms with Crippen molar-refractivity contribution in [3.63, 3.8) is 0 Å². The standard InChI is InChI=1S/C26H27N3O4/c1-19(30)33-24-6-4-5-22(17-24)25(31)27-18-20-11-15-29(16-12-20)26(32)21-7-9-23(10-8-21)28-13-2-3-14-28/h2-10,13-14,17,20H,11-12,15-16,18H2,1H3,(H,27,31). The predicted octanol–water partition coefficient (Wildman–Crippen LogP) is 3.68. The Morgan fingerprint density at radius 1 is 0.939 bits per heavy atom.